The maximum atomic E-state index is 11.9. The number of esters is 1. The number of hydrogen-bond donors (Lipinski definition) is 2. The third-order valence-corrected chi connectivity index (χ3v) is 4.05. The second-order valence-corrected chi connectivity index (χ2v) is 6.42. The maximum absolute atomic E-state index is 11.9. The minimum absolute atomic E-state index is 0.00845. The van der Waals surface area contributed by atoms with Crippen molar-refractivity contribution in [2.45, 2.75) is 33.6 Å². The topological polar surface area (TPSA) is 84.5 Å². The van der Waals surface area contributed by atoms with Gasteiger partial charge in [-0.2, -0.15) is 0 Å². The van der Waals surface area contributed by atoms with Crippen LogP contribution in [0.2, 0.25) is 0 Å². The number of carbonyl (C=O) groups excluding carboxylic acids is 3. The number of amides is 2. The van der Waals surface area contributed by atoms with E-state index in [0.29, 0.717) is 11.4 Å². The summed E-state index contributed by atoms with van der Waals surface area (Å²) in [6, 6.07) is 12.9. The third kappa shape index (κ3) is 6.93. The summed E-state index contributed by atoms with van der Waals surface area (Å²) in [5.74, 6) is -1.30. The second kappa shape index (κ2) is 9.52. The van der Waals surface area contributed by atoms with Crippen LogP contribution in [0.3, 0.4) is 0 Å². The van der Waals surface area contributed by atoms with Gasteiger partial charge in [-0.15, -0.1) is 0 Å². The van der Waals surface area contributed by atoms with Gasteiger partial charge in [0, 0.05) is 17.8 Å². The van der Waals surface area contributed by atoms with Crippen LogP contribution >= 0.6 is 0 Å². The first-order chi connectivity index (χ1) is 12.8. The molecule has 142 valence electrons. The molecule has 0 spiro atoms. The van der Waals surface area contributed by atoms with Gasteiger partial charge >= 0.3 is 5.97 Å². The molecular weight excluding hydrogens is 344 g/mol. The molecule has 2 N–H and O–H groups in total. The number of aryl methyl sites for hydroxylation is 3. The lowest BCUT2D eigenvalue weighted by Crippen LogP contribution is -2.21. The molecule has 6 heteroatoms. The quantitative estimate of drug-likeness (QED) is 0.733. The molecule has 0 radical (unpaired) electrons. The van der Waals surface area contributed by atoms with E-state index in [0.717, 1.165) is 16.7 Å². The summed E-state index contributed by atoms with van der Waals surface area (Å²) >= 11 is 0. The van der Waals surface area contributed by atoms with Crippen LogP contribution in [0, 0.1) is 20.8 Å². The van der Waals surface area contributed by atoms with E-state index in [1.165, 1.54) is 0 Å². The summed E-state index contributed by atoms with van der Waals surface area (Å²) in [6.07, 6.45) is -0.0971. The van der Waals surface area contributed by atoms with Crippen LogP contribution in [0.1, 0.15) is 29.5 Å². The van der Waals surface area contributed by atoms with E-state index in [1.807, 2.05) is 45.0 Å². The van der Waals surface area contributed by atoms with Crippen molar-refractivity contribution in [1.82, 2.24) is 0 Å². The fraction of sp³-hybridized carbons (Fsp3) is 0.286. The highest BCUT2D eigenvalue weighted by atomic mass is 16.5. The Morgan fingerprint density at radius 2 is 1.41 bits per heavy atom. The molecule has 27 heavy (non-hydrogen) atoms. The van der Waals surface area contributed by atoms with Crippen molar-refractivity contribution in [1.29, 1.82) is 0 Å². The van der Waals surface area contributed by atoms with E-state index < -0.39 is 11.9 Å². The summed E-state index contributed by atoms with van der Waals surface area (Å²) in [4.78, 5) is 35.4. The Bertz CT molecular complexity index is 829. The number of anilines is 2. The van der Waals surface area contributed by atoms with Gasteiger partial charge in [0.15, 0.2) is 6.61 Å². The molecule has 0 aliphatic heterocycles. The van der Waals surface area contributed by atoms with E-state index >= 15 is 0 Å². The molecule has 2 aromatic carbocycles. The Labute approximate surface area is 158 Å². The van der Waals surface area contributed by atoms with Crippen LogP contribution in [0.15, 0.2) is 42.5 Å². The van der Waals surface area contributed by atoms with Gasteiger partial charge < -0.3 is 15.4 Å². The van der Waals surface area contributed by atoms with Crippen LogP contribution in [-0.2, 0) is 19.1 Å². The Kier molecular flexibility index (Phi) is 7.11. The second-order valence-electron chi connectivity index (χ2n) is 6.42. The van der Waals surface area contributed by atoms with Gasteiger partial charge in [0.2, 0.25) is 5.91 Å². The summed E-state index contributed by atoms with van der Waals surface area (Å²) in [6.45, 7) is 5.51. The first-order valence-electron chi connectivity index (χ1n) is 8.73. The van der Waals surface area contributed by atoms with Crippen LogP contribution < -0.4 is 10.6 Å². The van der Waals surface area contributed by atoms with Gasteiger partial charge in [-0.3, -0.25) is 14.4 Å². The van der Waals surface area contributed by atoms with Crippen molar-refractivity contribution in [2.24, 2.45) is 0 Å². The fourth-order valence-corrected chi connectivity index (χ4v) is 2.31. The van der Waals surface area contributed by atoms with Gasteiger partial charge in [-0.25, -0.2) is 0 Å². The normalized spacial score (nSPS) is 10.2. The standard InChI is InChI=1S/C21H24N2O4/c1-14-4-7-17(8-5-14)22-19(24)10-11-21(26)27-13-20(25)23-18-9-6-15(2)16(3)12-18/h4-9,12H,10-11,13H2,1-3H3,(H,22,24)(H,23,25). The zero-order valence-electron chi connectivity index (χ0n) is 15.8. The summed E-state index contributed by atoms with van der Waals surface area (Å²) in [5.41, 5.74) is 4.60. The zero-order chi connectivity index (χ0) is 19.8. The number of nitrogens with one attached hydrogen (secondary N) is 2. The highest BCUT2D eigenvalue weighted by molar-refractivity contribution is 5.94. The van der Waals surface area contributed by atoms with Crippen molar-refractivity contribution < 1.29 is 19.1 Å². The van der Waals surface area contributed by atoms with E-state index in [4.69, 9.17) is 4.74 Å². The van der Waals surface area contributed by atoms with Gasteiger partial charge in [0.05, 0.1) is 6.42 Å². The minimum atomic E-state index is -0.593. The lowest BCUT2D eigenvalue weighted by Gasteiger charge is -2.09. The number of rotatable bonds is 7. The lowest BCUT2D eigenvalue weighted by atomic mass is 10.1. The SMILES string of the molecule is Cc1ccc(NC(=O)CCC(=O)OCC(=O)Nc2ccc(C)c(C)c2)cc1. The Hall–Kier alpha value is -3.15. The van der Waals surface area contributed by atoms with Crippen molar-refractivity contribution in [3.8, 4) is 0 Å². The highest BCUT2D eigenvalue weighted by Crippen LogP contribution is 2.14. The van der Waals surface area contributed by atoms with Gasteiger partial charge in [0.1, 0.15) is 0 Å². The smallest absolute Gasteiger partial charge is 0.306 e. The first kappa shape index (κ1) is 20.2. The molecule has 0 atom stereocenters. The molecular formula is C21H24N2O4. The van der Waals surface area contributed by atoms with Crippen LogP contribution in [0.25, 0.3) is 0 Å². The fourth-order valence-electron chi connectivity index (χ4n) is 2.31. The van der Waals surface area contributed by atoms with Crippen LogP contribution in [0.5, 0.6) is 0 Å². The molecule has 0 aliphatic carbocycles. The van der Waals surface area contributed by atoms with E-state index in [9.17, 15) is 14.4 Å². The van der Waals surface area contributed by atoms with Gasteiger partial charge in [-0.05, 0) is 56.2 Å². The number of carbonyl (C=O) groups is 3. The Morgan fingerprint density at radius 3 is 2.07 bits per heavy atom. The molecule has 0 aliphatic rings. The minimum Gasteiger partial charge on any atom is -0.456 e. The van der Waals surface area contributed by atoms with Crippen molar-refractivity contribution in [2.75, 3.05) is 17.2 Å². The molecule has 6 nitrogen and oxygen atoms in total. The first-order valence-corrected chi connectivity index (χ1v) is 8.73. The highest BCUT2D eigenvalue weighted by Gasteiger charge is 2.11. The maximum Gasteiger partial charge on any atom is 0.306 e. The molecule has 0 saturated carbocycles. The summed E-state index contributed by atoms with van der Waals surface area (Å²) < 4.78 is 4.92. The average molecular weight is 368 g/mol. The van der Waals surface area contributed by atoms with Crippen LogP contribution in [-0.4, -0.2) is 24.4 Å². The summed E-state index contributed by atoms with van der Waals surface area (Å²) in [5, 5.41) is 5.38. The van der Waals surface area contributed by atoms with Crippen LogP contribution in [0.4, 0.5) is 11.4 Å². The van der Waals surface area contributed by atoms with Gasteiger partial charge in [0.25, 0.3) is 5.91 Å². The Morgan fingerprint density at radius 1 is 0.778 bits per heavy atom. The average Bonchev–Trinajstić information content (AvgIpc) is 2.63. The van der Waals surface area contributed by atoms with E-state index in [1.54, 1.807) is 18.2 Å². The molecule has 2 aromatic rings. The van der Waals surface area contributed by atoms with Crippen molar-refractivity contribution >= 4 is 29.2 Å². The molecule has 0 unspecified atom stereocenters. The molecule has 0 bridgehead atoms. The Balaban J connectivity index is 1.69. The molecule has 0 heterocycles. The molecule has 2 amide bonds. The number of benzene rings is 2. The van der Waals surface area contributed by atoms with Gasteiger partial charge in [-0.1, -0.05) is 23.8 Å². The number of hydrogen-bond acceptors (Lipinski definition) is 4. The predicted molar refractivity (Wildman–Crippen MR) is 105 cm³/mol. The molecule has 0 fully saturated rings. The molecule has 0 aromatic heterocycles. The van der Waals surface area contributed by atoms with Crippen molar-refractivity contribution in [3.05, 3.63) is 59.2 Å². The predicted octanol–water partition coefficient (Wildman–Crippen LogP) is 3.51. The zero-order valence-corrected chi connectivity index (χ0v) is 15.8. The molecule has 0 saturated heterocycles. The molecule has 2 rings (SSSR count). The number of ether oxygens (including phenoxy) is 1. The lowest BCUT2D eigenvalue weighted by molar-refractivity contribution is -0.147. The van der Waals surface area contributed by atoms with E-state index in [-0.39, 0.29) is 25.4 Å². The largest absolute Gasteiger partial charge is 0.456 e. The van der Waals surface area contributed by atoms with E-state index in [2.05, 4.69) is 10.6 Å². The third-order valence-electron chi connectivity index (χ3n) is 4.05. The van der Waals surface area contributed by atoms with Crippen molar-refractivity contribution in [3.63, 3.8) is 0 Å². The monoisotopic (exact) mass is 368 g/mol. The summed E-state index contributed by atoms with van der Waals surface area (Å²) in [7, 11) is 0.